The second-order valence-electron chi connectivity index (χ2n) is 0. The minimum atomic E-state index is 0. The summed E-state index contributed by atoms with van der Waals surface area (Å²) in [7, 11) is 0. The van der Waals surface area contributed by atoms with Crippen LogP contribution in [-0.2, 0) is 60.5 Å². The first-order valence-electron chi connectivity index (χ1n) is 0.236. The van der Waals surface area contributed by atoms with E-state index in [1.807, 2.05) is 0 Å². The van der Waals surface area contributed by atoms with Crippen molar-refractivity contribution in [2.24, 2.45) is 0 Å². The molecule has 0 saturated heterocycles. The molecule has 0 bridgehead atoms. The monoisotopic (exact) mass is 182 g/mol. The molecule has 0 N–H and O–H groups in total. The molecular formula is CHOV3-. The molecule has 1 nitrogen and oxygen atoms in total. The van der Waals surface area contributed by atoms with E-state index in [4.69, 9.17) is 4.79 Å². The van der Waals surface area contributed by atoms with Gasteiger partial charge in [0.2, 0.25) is 0 Å². The summed E-state index contributed by atoms with van der Waals surface area (Å²) in [6, 6.07) is 0. The van der Waals surface area contributed by atoms with Gasteiger partial charge in [-0.05, 0) is 0 Å². The van der Waals surface area contributed by atoms with Crippen LogP contribution in [0.25, 0.3) is 0 Å². The van der Waals surface area contributed by atoms with Gasteiger partial charge in [-0.2, -0.15) is 0 Å². The van der Waals surface area contributed by atoms with Crippen molar-refractivity contribution in [3.05, 3.63) is 0 Å². The maximum absolute atomic E-state index is 7.75. The molecule has 0 saturated carbocycles. The van der Waals surface area contributed by atoms with E-state index in [0.717, 1.165) is 0 Å². The van der Waals surface area contributed by atoms with Crippen LogP contribution in [0.4, 0.5) is 0 Å². The SMILES string of the molecule is [CH-]=O.[V].[V].[V]. The Bertz CT molecular complexity index is 6.85. The summed E-state index contributed by atoms with van der Waals surface area (Å²) in [5.41, 5.74) is 0. The Kier molecular flexibility index (Phi) is 337. The Morgan fingerprint density at radius 3 is 0.800 bits per heavy atom. The van der Waals surface area contributed by atoms with E-state index < -0.39 is 0 Å². The van der Waals surface area contributed by atoms with Gasteiger partial charge in [0.15, 0.2) is 0 Å². The first-order chi connectivity index (χ1) is 1.00. The van der Waals surface area contributed by atoms with Gasteiger partial charge in [-0.15, -0.1) is 0 Å². The summed E-state index contributed by atoms with van der Waals surface area (Å²) in [6.45, 7) is 3.25. The zero-order valence-corrected chi connectivity index (χ0v) is 6.52. The van der Waals surface area contributed by atoms with Gasteiger partial charge < -0.3 is 4.79 Å². The van der Waals surface area contributed by atoms with Crippen LogP contribution in [0.3, 0.4) is 0 Å². The van der Waals surface area contributed by atoms with Gasteiger partial charge in [-0.1, -0.05) is 0 Å². The Morgan fingerprint density at radius 1 is 0.800 bits per heavy atom. The third-order valence-corrected chi connectivity index (χ3v) is 0. The van der Waals surface area contributed by atoms with Crippen molar-refractivity contribution in [3.63, 3.8) is 0 Å². The van der Waals surface area contributed by atoms with Crippen molar-refractivity contribution in [3.8, 4) is 0 Å². The zero-order chi connectivity index (χ0) is 2.00. The summed E-state index contributed by atoms with van der Waals surface area (Å²) in [5.74, 6) is 0. The van der Waals surface area contributed by atoms with Crippen LogP contribution in [0.15, 0.2) is 0 Å². The Labute approximate surface area is 66.9 Å². The van der Waals surface area contributed by atoms with E-state index in [0.29, 0.717) is 0 Å². The van der Waals surface area contributed by atoms with Gasteiger partial charge in [0.1, 0.15) is 0 Å². The predicted octanol–water partition coefficient (Wildman–Crippen LogP) is -0.282. The second kappa shape index (κ2) is 52.4. The van der Waals surface area contributed by atoms with Crippen molar-refractivity contribution < 1.29 is 60.5 Å². The van der Waals surface area contributed by atoms with E-state index in [2.05, 4.69) is 6.79 Å². The maximum atomic E-state index is 7.75. The van der Waals surface area contributed by atoms with Gasteiger partial charge in [0.05, 0.1) is 0 Å². The molecule has 5 heavy (non-hydrogen) atoms. The van der Waals surface area contributed by atoms with Crippen LogP contribution >= 0.6 is 0 Å². The molecule has 0 amide bonds. The van der Waals surface area contributed by atoms with Crippen molar-refractivity contribution in [2.75, 3.05) is 0 Å². The minimum absolute atomic E-state index is 0. The van der Waals surface area contributed by atoms with Crippen LogP contribution in [0, 0.1) is 0 Å². The number of rotatable bonds is 0. The first kappa shape index (κ1) is 32.2. The fourth-order valence-electron chi connectivity index (χ4n) is 0. The van der Waals surface area contributed by atoms with Crippen molar-refractivity contribution >= 4 is 6.79 Å². The third kappa shape index (κ3) is 31.4. The summed E-state index contributed by atoms with van der Waals surface area (Å²) in [5, 5.41) is 0. The van der Waals surface area contributed by atoms with Crippen molar-refractivity contribution in [2.45, 2.75) is 0 Å². The molecule has 0 aliphatic heterocycles. The van der Waals surface area contributed by atoms with Crippen molar-refractivity contribution in [1.29, 1.82) is 0 Å². The van der Waals surface area contributed by atoms with E-state index in [9.17, 15) is 0 Å². The third-order valence-electron chi connectivity index (χ3n) is 0. The molecule has 0 aliphatic rings. The van der Waals surface area contributed by atoms with E-state index in [1.165, 1.54) is 0 Å². The standard InChI is InChI=1S/CHO.3V/c1-2;;;/h1H;;;/q-1;;;. The van der Waals surface area contributed by atoms with Crippen LogP contribution < -0.4 is 0 Å². The fourth-order valence-corrected chi connectivity index (χ4v) is 0. The van der Waals surface area contributed by atoms with E-state index in [1.54, 1.807) is 0 Å². The van der Waals surface area contributed by atoms with Gasteiger partial charge >= 0.3 is 0 Å². The van der Waals surface area contributed by atoms with Gasteiger partial charge in [0.25, 0.3) is 0 Å². The summed E-state index contributed by atoms with van der Waals surface area (Å²) >= 11 is 0. The molecule has 0 aliphatic carbocycles. The van der Waals surface area contributed by atoms with E-state index >= 15 is 0 Å². The average Bonchev–Trinajstić information content (AvgIpc) is 1.00. The summed E-state index contributed by atoms with van der Waals surface area (Å²) in [6.07, 6.45) is 0. The summed E-state index contributed by atoms with van der Waals surface area (Å²) in [4.78, 5) is 7.75. The molecule has 3 radical (unpaired) electrons. The molecule has 0 aromatic heterocycles. The second-order valence-corrected chi connectivity index (χ2v) is 0. The van der Waals surface area contributed by atoms with Gasteiger partial charge in [-0.25, -0.2) is 0 Å². The molecule has 0 atom stereocenters. The normalized spacial score (nSPS) is 0.800. The quantitative estimate of drug-likeness (QED) is 0.371. The number of hydrogen-bond acceptors (Lipinski definition) is 1. The van der Waals surface area contributed by atoms with Crippen LogP contribution in [-0.4, -0.2) is 6.79 Å². The van der Waals surface area contributed by atoms with Crippen LogP contribution in [0.5, 0.6) is 0 Å². The molecule has 4 heteroatoms. The smallest absolute Gasteiger partial charge is 0 e. The molecule has 0 aromatic rings. The number of hydrogen-bond donors (Lipinski definition) is 0. The maximum Gasteiger partial charge on any atom is 0 e. The van der Waals surface area contributed by atoms with E-state index in [-0.39, 0.29) is 55.7 Å². The predicted molar refractivity (Wildman–Crippen MR) is 6.75 cm³/mol. The zero-order valence-electron chi connectivity index (χ0n) is 2.33. The minimum Gasteiger partial charge on any atom is -0.545 e. The molecule has 0 fully saturated rings. The van der Waals surface area contributed by atoms with Crippen LogP contribution in [0.1, 0.15) is 0 Å². The largest absolute Gasteiger partial charge is 0.545 e. The summed E-state index contributed by atoms with van der Waals surface area (Å²) < 4.78 is 0. The van der Waals surface area contributed by atoms with Crippen LogP contribution in [0.2, 0.25) is 0 Å². The molecule has 0 heterocycles. The number of carbonyl (C=O) groups excluding carboxylic acids is 1. The first-order valence-corrected chi connectivity index (χ1v) is 0.236. The van der Waals surface area contributed by atoms with Crippen molar-refractivity contribution in [1.82, 2.24) is 0 Å². The molecule has 0 rings (SSSR count). The van der Waals surface area contributed by atoms with Gasteiger partial charge in [0, 0.05) is 55.7 Å². The molecular weight excluding hydrogens is 181 g/mol. The Balaban J connectivity index is -0.00000000167. The topological polar surface area (TPSA) is 17.1 Å². The fraction of sp³-hybridized carbons (Fsp3) is 0. The molecule has 0 aromatic carbocycles. The Morgan fingerprint density at radius 2 is 0.800 bits per heavy atom. The Hall–Kier alpha value is 1.42. The molecule has 0 spiro atoms. The van der Waals surface area contributed by atoms with Gasteiger partial charge in [-0.3, -0.25) is 6.79 Å². The molecule has 27 valence electrons. The average molecular weight is 182 g/mol. The molecule has 0 unspecified atom stereocenters.